The summed E-state index contributed by atoms with van der Waals surface area (Å²) < 4.78 is 12.9. The molecule has 0 spiro atoms. The molecule has 3 N–H and O–H groups in total. The smallest absolute Gasteiger partial charge is 0.259 e. The summed E-state index contributed by atoms with van der Waals surface area (Å²) in [7, 11) is 1.79. The van der Waals surface area contributed by atoms with Crippen molar-refractivity contribution in [2.45, 2.75) is 27.2 Å². The Kier molecular flexibility index (Phi) is 5.53. The van der Waals surface area contributed by atoms with Gasteiger partial charge in [-0.15, -0.1) is 0 Å². The number of hydrogen-bond donors (Lipinski definition) is 3. The van der Waals surface area contributed by atoms with E-state index in [9.17, 15) is 4.79 Å². The van der Waals surface area contributed by atoms with Gasteiger partial charge in [-0.05, 0) is 17.9 Å². The zero-order chi connectivity index (χ0) is 22.0. The molecule has 0 radical (unpaired) electrons. The number of nitrogens with zero attached hydrogens (tertiary/aromatic N) is 4. The lowest BCUT2D eigenvalue weighted by molar-refractivity contribution is 0.0937. The van der Waals surface area contributed by atoms with Gasteiger partial charge in [-0.25, -0.2) is 9.97 Å². The van der Waals surface area contributed by atoms with E-state index in [1.807, 2.05) is 0 Å². The Bertz CT molecular complexity index is 1110. The number of anilines is 3. The van der Waals surface area contributed by atoms with Gasteiger partial charge in [0.1, 0.15) is 30.4 Å². The first-order valence-electron chi connectivity index (χ1n) is 10.3. The van der Waals surface area contributed by atoms with Gasteiger partial charge in [0, 0.05) is 25.9 Å². The molecule has 0 aromatic carbocycles. The van der Waals surface area contributed by atoms with E-state index < -0.39 is 0 Å². The highest BCUT2D eigenvalue weighted by Gasteiger charge is 2.22. The van der Waals surface area contributed by atoms with E-state index in [1.165, 1.54) is 6.20 Å². The van der Waals surface area contributed by atoms with Crippen LogP contribution < -0.4 is 25.4 Å². The Morgan fingerprint density at radius 3 is 2.87 bits per heavy atom. The molecule has 10 heteroatoms. The van der Waals surface area contributed by atoms with Crippen molar-refractivity contribution in [1.29, 1.82) is 0 Å². The van der Waals surface area contributed by atoms with Gasteiger partial charge >= 0.3 is 0 Å². The number of fused-ring (bicyclic) bond motifs is 2. The monoisotopic (exact) mass is 425 g/mol. The van der Waals surface area contributed by atoms with Crippen molar-refractivity contribution < 1.29 is 14.3 Å². The number of ether oxygens (including phenoxy) is 2. The summed E-state index contributed by atoms with van der Waals surface area (Å²) >= 11 is 0. The number of pyridine rings is 1. The molecule has 4 heterocycles. The maximum atomic E-state index is 12.9. The van der Waals surface area contributed by atoms with Crippen LogP contribution in [0.15, 0.2) is 24.5 Å². The number of hydrogen-bond acceptors (Lipinski definition) is 8. The van der Waals surface area contributed by atoms with Crippen molar-refractivity contribution >= 4 is 28.9 Å². The molecule has 0 fully saturated rings. The third-order valence-corrected chi connectivity index (χ3v) is 5.36. The van der Waals surface area contributed by atoms with Crippen LogP contribution >= 0.6 is 0 Å². The molecule has 0 unspecified atom stereocenters. The SMILES string of the molecule is CCC(C)(C)CNC(=O)c1cnn2c(NC)cc(Nc3ccnc4c3OCCO4)nc12. The van der Waals surface area contributed by atoms with Gasteiger partial charge in [0.15, 0.2) is 5.65 Å². The fourth-order valence-electron chi connectivity index (χ4n) is 3.09. The van der Waals surface area contributed by atoms with Crippen LogP contribution in [0.3, 0.4) is 0 Å². The first-order chi connectivity index (χ1) is 14.9. The van der Waals surface area contributed by atoms with E-state index in [0.717, 1.165) is 6.42 Å². The molecule has 1 aliphatic rings. The Labute approximate surface area is 180 Å². The molecule has 0 aliphatic carbocycles. The summed E-state index contributed by atoms with van der Waals surface area (Å²) in [6.45, 7) is 7.81. The zero-order valence-electron chi connectivity index (χ0n) is 18.2. The van der Waals surface area contributed by atoms with E-state index in [0.29, 0.717) is 59.9 Å². The number of aromatic nitrogens is 4. The zero-order valence-corrected chi connectivity index (χ0v) is 18.2. The third kappa shape index (κ3) is 4.18. The van der Waals surface area contributed by atoms with Gasteiger partial charge in [0.2, 0.25) is 5.75 Å². The molecule has 0 saturated heterocycles. The number of nitrogens with one attached hydrogen (secondary N) is 3. The van der Waals surface area contributed by atoms with E-state index in [4.69, 9.17) is 9.47 Å². The first-order valence-corrected chi connectivity index (χ1v) is 10.3. The van der Waals surface area contributed by atoms with Crippen LogP contribution in [-0.2, 0) is 0 Å². The first kappa shape index (κ1) is 20.7. The van der Waals surface area contributed by atoms with Crippen LogP contribution in [0.2, 0.25) is 0 Å². The number of carbonyl (C=O) groups excluding carboxylic acids is 1. The van der Waals surface area contributed by atoms with E-state index in [2.05, 4.69) is 51.8 Å². The van der Waals surface area contributed by atoms with Gasteiger partial charge in [0.05, 0.1) is 11.9 Å². The summed E-state index contributed by atoms with van der Waals surface area (Å²) in [5.74, 6) is 1.98. The Hall–Kier alpha value is -3.56. The molecule has 0 atom stereocenters. The van der Waals surface area contributed by atoms with Crippen molar-refractivity contribution in [1.82, 2.24) is 24.9 Å². The minimum Gasteiger partial charge on any atom is -0.483 e. The van der Waals surface area contributed by atoms with E-state index >= 15 is 0 Å². The van der Waals surface area contributed by atoms with Crippen molar-refractivity contribution in [3.63, 3.8) is 0 Å². The van der Waals surface area contributed by atoms with E-state index in [-0.39, 0.29) is 11.3 Å². The number of amides is 1. The van der Waals surface area contributed by atoms with Gasteiger partial charge in [0.25, 0.3) is 11.8 Å². The molecule has 3 aromatic rings. The van der Waals surface area contributed by atoms with Gasteiger partial charge < -0.3 is 25.4 Å². The lowest BCUT2D eigenvalue weighted by Crippen LogP contribution is -2.33. The lowest BCUT2D eigenvalue weighted by Gasteiger charge is -2.22. The molecule has 3 aromatic heterocycles. The van der Waals surface area contributed by atoms with Gasteiger partial charge in [-0.3, -0.25) is 4.79 Å². The van der Waals surface area contributed by atoms with Crippen molar-refractivity contribution in [2.75, 3.05) is 37.4 Å². The lowest BCUT2D eigenvalue weighted by atomic mass is 9.90. The average molecular weight is 425 g/mol. The molecule has 4 rings (SSSR count). The second-order valence-electron chi connectivity index (χ2n) is 8.09. The molecular weight excluding hydrogens is 398 g/mol. The topological polar surface area (TPSA) is 115 Å². The summed E-state index contributed by atoms with van der Waals surface area (Å²) in [5, 5.41) is 13.7. The second kappa shape index (κ2) is 8.29. The van der Waals surface area contributed by atoms with Crippen molar-refractivity contribution in [2.24, 2.45) is 5.41 Å². The Morgan fingerprint density at radius 2 is 2.10 bits per heavy atom. The standard InChI is InChI=1S/C21H27N7O3/c1-5-21(2,3)12-24-19(29)13-11-25-28-16(22-4)10-15(27-18(13)28)26-14-6-7-23-20-17(14)30-8-9-31-20/h6-7,10-11,22H,5,8-9,12H2,1-4H3,(H,24,29)(H,23,26,27). The number of rotatable bonds is 7. The van der Waals surface area contributed by atoms with Crippen LogP contribution in [0.25, 0.3) is 5.65 Å². The van der Waals surface area contributed by atoms with Gasteiger partial charge in [-0.1, -0.05) is 20.8 Å². The largest absolute Gasteiger partial charge is 0.483 e. The highest BCUT2D eigenvalue weighted by molar-refractivity contribution is 6.00. The number of carbonyl (C=O) groups is 1. The highest BCUT2D eigenvalue weighted by atomic mass is 16.6. The maximum absolute atomic E-state index is 12.9. The Morgan fingerprint density at radius 1 is 1.29 bits per heavy atom. The minimum atomic E-state index is -0.207. The second-order valence-corrected chi connectivity index (χ2v) is 8.09. The minimum absolute atomic E-state index is 0.0113. The molecule has 1 aliphatic heterocycles. The molecule has 0 saturated carbocycles. The average Bonchev–Trinajstić information content (AvgIpc) is 3.21. The fourth-order valence-corrected chi connectivity index (χ4v) is 3.09. The summed E-state index contributed by atoms with van der Waals surface area (Å²) in [5.41, 5.74) is 1.54. The van der Waals surface area contributed by atoms with E-state index in [1.54, 1.807) is 29.9 Å². The third-order valence-electron chi connectivity index (χ3n) is 5.36. The fraction of sp³-hybridized carbons (Fsp3) is 0.429. The van der Waals surface area contributed by atoms with Crippen LogP contribution in [0, 0.1) is 5.41 Å². The quantitative estimate of drug-likeness (QED) is 0.529. The predicted molar refractivity (Wildman–Crippen MR) is 117 cm³/mol. The highest BCUT2D eigenvalue weighted by Crippen LogP contribution is 2.37. The molecule has 10 nitrogen and oxygen atoms in total. The molecule has 0 bridgehead atoms. The normalized spacial score (nSPS) is 13.2. The van der Waals surface area contributed by atoms with Crippen LogP contribution in [0.4, 0.5) is 17.3 Å². The maximum Gasteiger partial charge on any atom is 0.259 e. The predicted octanol–water partition coefficient (Wildman–Crippen LogP) is 2.85. The van der Waals surface area contributed by atoms with Crippen LogP contribution in [0.1, 0.15) is 37.6 Å². The van der Waals surface area contributed by atoms with Crippen molar-refractivity contribution in [3.05, 3.63) is 30.1 Å². The summed E-state index contributed by atoms with van der Waals surface area (Å²) in [6.07, 6.45) is 4.13. The Balaban J connectivity index is 1.67. The van der Waals surface area contributed by atoms with Gasteiger partial charge in [-0.2, -0.15) is 9.61 Å². The van der Waals surface area contributed by atoms with Crippen LogP contribution in [-0.4, -0.2) is 52.3 Å². The molecule has 1 amide bonds. The summed E-state index contributed by atoms with van der Waals surface area (Å²) in [6, 6.07) is 3.59. The van der Waals surface area contributed by atoms with Crippen LogP contribution in [0.5, 0.6) is 11.6 Å². The summed E-state index contributed by atoms with van der Waals surface area (Å²) in [4.78, 5) is 21.7. The molecule has 164 valence electrons. The van der Waals surface area contributed by atoms with Crippen molar-refractivity contribution in [3.8, 4) is 11.6 Å². The molecular formula is C21H27N7O3. The molecule has 31 heavy (non-hydrogen) atoms.